The Labute approximate surface area is 161 Å². The molecule has 0 aromatic heterocycles. The Balaban J connectivity index is 1.84. The standard InChI is InChI=1S/C21H29N3O3/c1-4-22-20(24-16-21(2,25)17-8-6-5-7-9-17)23-14-15-27-19-12-10-18(26-3)11-13-19/h5-13,25H,4,14-16H2,1-3H3,(H2,22,23,24). The van der Waals surface area contributed by atoms with E-state index in [-0.39, 0.29) is 6.54 Å². The Kier molecular flexibility index (Phi) is 7.95. The lowest BCUT2D eigenvalue weighted by atomic mass is 9.96. The van der Waals surface area contributed by atoms with Gasteiger partial charge in [0.15, 0.2) is 5.96 Å². The van der Waals surface area contributed by atoms with Crippen LogP contribution in [0.15, 0.2) is 59.6 Å². The van der Waals surface area contributed by atoms with Crippen LogP contribution in [0.4, 0.5) is 0 Å². The van der Waals surface area contributed by atoms with Crippen molar-refractivity contribution in [3.05, 3.63) is 60.2 Å². The number of rotatable bonds is 9. The van der Waals surface area contributed by atoms with Crippen LogP contribution < -0.4 is 20.1 Å². The van der Waals surface area contributed by atoms with Crippen molar-refractivity contribution >= 4 is 5.96 Å². The van der Waals surface area contributed by atoms with Crippen molar-refractivity contribution in [3.8, 4) is 11.5 Å². The molecule has 6 heteroatoms. The van der Waals surface area contributed by atoms with Gasteiger partial charge < -0.3 is 25.2 Å². The Morgan fingerprint density at radius 2 is 1.70 bits per heavy atom. The van der Waals surface area contributed by atoms with Crippen molar-refractivity contribution in [1.82, 2.24) is 10.6 Å². The molecule has 1 unspecified atom stereocenters. The van der Waals surface area contributed by atoms with Crippen LogP contribution in [0.1, 0.15) is 19.4 Å². The van der Waals surface area contributed by atoms with Gasteiger partial charge in [0.2, 0.25) is 0 Å². The summed E-state index contributed by atoms with van der Waals surface area (Å²) in [6.45, 7) is 5.84. The molecule has 0 spiro atoms. The van der Waals surface area contributed by atoms with Gasteiger partial charge in [0.25, 0.3) is 0 Å². The van der Waals surface area contributed by atoms with Gasteiger partial charge in [-0.3, -0.25) is 0 Å². The topological polar surface area (TPSA) is 75.1 Å². The van der Waals surface area contributed by atoms with E-state index < -0.39 is 5.60 Å². The van der Waals surface area contributed by atoms with E-state index >= 15 is 0 Å². The van der Waals surface area contributed by atoms with Crippen LogP contribution in [0, 0.1) is 0 Å². The van der Waals surface area contributed by atoms with Gasteiger partial charge in [0, 0.05) is 6.54 Å². The van der Waals surface area contributed by atoms with Crippen molar-refractivity contribution in [3.63, 3.8) is 0 Å². The van der Waals surface area contributed by atoms with Crippen molar-refractivity contribution in [2.24, 2.45) is 4.99 Å². The minimum atomic E-state index is -1.02. The fourth-order valence-corrected chi connectivity index (χ4v) is 2.47. The van der Waals surface area contributed by atoms with E-state index in [1.165, 1.54) is 0 Å². The third-order valence-corrected chi connectivity index (χ3v) is 4.01. The first-order chi connectivity index (χ1) is 13.0. The summed E-state index contributed by atoms with van der Waals surface area (Å²) in [6.07, 6.45) is 0. The minimum Gasteiger partial charge on any atom is -0.497 e. The zero-order valence-corrected chi connectivity index (χ0v) is 16.2. The van der Waals surface area contributed by atoms with E-state index in [4.69, 9.17) is 9.47 Å². The zero-order valence-electron chi connectivity index (χ0n) is 16.2. The number of guanidine groups is 1. The van der Waals surface area contributed by atoms with Crippen molar-refractivity contribution in [2.45, 2.75) is 19.4 Å². The highest BCUT2D eigenvalue weighted by molar-refractivity contribution is 5.79. The lowest BCUT2D eigenvalue weighted by molar-refractivity contribution is 0.0672. The summed E-state index contributed by atoms with van der Waals surface area (Å²) in [6, 6.07) is 17.0. The molecule has 27 heavy (non-hydrogen) atoms. The van der Waals surface area contributed by atoms with Gasteiger partial charge in [0.1, 0.15) is 23.7 Å². The molecule has 2 aromatic rings. The molecule has 0 saturated carbocycles. The highest BCUT2D eigenvalue weighted by atomic mass is 16.5. The number of hydrogen-bond acceptors (Lipinski definition) is 4. The third kappa shape index (κ3) is 6.83. The molecule has 0 saturated heterocycles. The van der Waals surface area contributed by atoms with Gasteiger partial charge in [-0.25, -0.2) is 4.99 Å². The second-order valence-electron chi connectivity index (χ2n) is 6.29. The predicted octanol–water partition coefficient (Wildman–Crippen LogP) is 2.54. The number of aliphatic hydroxyl groups is 1. The highest BCUT2D eigenvalue weighted by Crippen LogP contribution is 2.20. The maximum atomic E-state index is 10.7. The van der Waals surface area contributed by atoms with Crippen LogP contribution in [0.25, 0.3) is 0 Å². The molecule has 146 valence electrons. The molecule has 1 atom stereocenters. The number of ether oxygens (including phenoxy) is 2. The predicted molar refractivity (Wildman–Crippen MR) is 108 cm³/mol. The molecule has 0 aliphatic rings. The molecule has 0 radical (unpaired) electrons. The fourth-order valence-electron chi connectivity index (χ4n) is 2.47. The lowest BCUT2D eigenvalue weighted by Gasteiger charge is -2.22. The number of hydrogen-bond donors (Lipinski definition) is 3. The molecule has 0 aliphatic carbocycles. The molecule has 0 heterocycles. The number of aliphatic imine (C=N–C) groups is 1. The van der Waals surface area contributed by atoms with E-state index in [2.05, 4.69) is 15.6 Å². The molecule has 2 aromatic carbocycles. The van der Waals surface area contributed by atoms with Gasteiger partial charge in [-0.1, -0.05) is 30.3 Å². The molecular formula is C21H29N3O3. The maximum Gasteiger partial charge on any atom is 0.191 e. The molecule has 0 aliphatic heterocycles. The first-order valence-corrected chi connectivity index (χ1v) is 9.12. The largest absolute Gasteiger partial charge is 0.497 e. The number of benzene rings is 2. The Hall–Kier alpha value is -2.73. The van der Waals surface area contributed by atoms with Crippen molar-refractivity contribution in [2.75, 3.05) is 33.4 Å². The highest BCUT2D eigenvalue weighted by Gasteiger charge is 2.22. The molecule has 6 nitrogen and oxygen atoms in total. The summed E-state index contributed by atoms with van der Waals surface area (Å²) in [7, 11) is 1.64. The van der Waals surface area contributed by atoms with Crippen LogP contribution in [0.3, 0.4) is 0 Å². The Morgan fingerprint density at radius 3 is 2.33 bits per heavy atom. The van der Waals surface area contributed by atoms with Gasteiger partial charge in [-0.05, 0) is 43.7 Å². The number of methoxy groups -OCH3 is 1. The molecule has 0 amide bonds. The summed E-state index contributed by atoms with van der Waals surface area (Å²) in [5.41, 5.74) is -0.184. The van der Waals surface area contributed by atoms with Crippen LogP contribution in [0.5, 0.6) is 11.5 Å². The van der Waals surface area contributed by atoms with Gasteiger partial charge in [-0.2, -0.15) is 0 Å². The SMILES string of the molecule is CCNC(=NCC(C)(O)c1ccccc1)NCCOc1ccc(OC)cc1. The third-order valence-electron chi connectivity index (χ3n) is 4.01. The second kappa shape index (κ2) is 10.4. The second-order valence-corrected chi connectivity index (χ2v) is 6.29. The average Bonchev–Trinajstić information content (AvgIpc) is 2.70. The first-order valence-electron chi connectivity index (χ1n) is 9.12. The summed E-state index contributed by atoms with van der Waals surface area (Å²) < 4.78 is 10.8. The molecule has 2 rings (SSSR count). The van der Waals surface area contributed by atoms with Crippen LogP contribution in [0.2, 0.25) is 0 Å². The molecule has 3 N–H and O–H groups in total. The average molecular weight is 371 g/mol. The fraction of sp³-hybridized carbons (Fsp3) is 0.381. The Morgan fingerprint density at radius 1 is 1.04 bits per heavy atom. The van der Waals surface area contributed by atoms with Crippen LogP contribution in [-0.2, 0) is 5.60 Å². The van der Waals surface area contributed by atoms with Gasteiger partial charge in [-0.15, -0.1) is 0 Å². The monoisotopic (exact) mass is 371 g/mol. The van der Waals surface area contributed by atoms with Crippen molar-refractivity contribution < 1.29 is 14.6 Å². The summed E-state index contributed by atoms with van der Waals surface area (Å²) in [4.78, 5) is 4.50. The molecule has 0 bridgehead atoms. The summed E-state index contributed by atoms with van der Waals surface area (Å²) >= 11 is 0. The summed E-state index contributed by atoms with van der Waals surface area (Å²) in [5.74, 6) is 2.23. The van der Waals surface area contributed by atoms with Gasteiger partial charge in [0.05, 0.1) is 20.2 Å². The Bertz CT molecular complexity index is 700. The summed E-state index contributed by atoms with van der Waals surface area (Å²) in [5, 5.41) is 17.1. The van der Waals surface area contributed by atoms with E-state index in [0.29, 0.717) is 19.1 Å². The smallest absolute Gasteiger partial charge is 0.191 e. The number of nitrogens with zero attached hydrogens (tertiary/aromatic N) is 1. The molecular weight excluding hydrogens is 342 g/mol. The maximum absolute atomic E-state index is 10.7. The zero-order chi connectivity index (χ0) is 19.5. The van der Waals surface area contributed by atoms with Crippen LogP contribution >= 0.6 is 0 Å². The van der Waals surface area contributed by atoms with Crippen LogP contribution in [-0.4, -0.2) is 44.4 Å². The first kappa shape index (κ1) is 20.6. The van der Waals surface area contributed by atoms with E-state index in [1.807, 2.05) is 61.5 Å². The molecule has 0 fully saturated rings. The van der Waals surface area contributed by atoms with E-state index in [1.54, 1.807) is 14.0 Å². The van der Waals surface area contributed by atoms with E-state index in [9.17, 15) is 5.11 Å². The normalized spacial score (nSPS) is 13.6. The quantitative estimate of drug-likeness (QED) is 0.359. The van der Waals surface area contributed by atoms with Gasteiger partial charge >= 0.3 is 0 Å². The number of nitrogens with one attached hydrogen (secondary N) is 2. The van der Waals surface area contributed by atoms with Crippen molar-refractivity contribution in [1.29, 1.82) is 0 Å². The van der Waals surface area contributed by atoms with E-state index in [0.717, 1.165) is 23.6 Å². The minimum absolute atomic E-state index is 0.256. The lowest BCUT2D eigenvalue weighted by Crippen LogP contribution is -2.40.